The second kappa shape index (κ2) is 8.35. The van der Waals surface area contributed by atoms with Crippen molar-refractivity contribution in [1.82, 2.24) is 4.72 Å². The fourth-order valence-corrected chi connectivity index (χ4v) is 4.48. The van der Waals surface area contributed by atoms with Crippen LogP contribution in [0.2, 0.25) is 0 Å². The van der Waals surface area contributed by atoms with E-state index in [1.54, 1.807) is 7.11 Å². The Morgan fingerprint density at radius 1 is 1.33 bits per heavy atom. The van der Waals surface area contributed by atoms with Crippen LogP contribution in [0, 0.1) is 5.92 Å². The van der Waals surface area contributed by atoms with Crippen LogP contribution in [0.15, 0.2) is 0 Å². The molecule has 0 aliphatic heterocycles. The lowest BCUT2D eigenvalue weighted by Gasteiger charge is -2.23. The molecule has 0 saturated heterocycles. The molecule has 1 aliphatic rings. The van der Waals surface area contributed by atoms with Gasteiger partial charge in [-0.3, -0.25) is 0 Å². The lowest BCUT2D eigenvalue weighted by Crippen LogP contribution is -2.41. The minimum absolute atomic E-state index is 0.207. The Bertz CT molecular complexity index is 309. The van der Waals surface area contributed by atoms with E-state index >= 15 is 0 Å². The van der Waals surface area contributed by atoms with Crippen LogP contribution in [-0.2, 0) is 14.8 Å². The van der Waals surface area contributed by atoms with Crippen LogP contribution < -0.4 is 4.72 Å². The summed E-state index contributed by atoms with van der Waals surface area (Å²) in [5, 5.41) is 0. The Labute approximate surface area is 115 Å². The molecule has 1 atom stereocenters. The van der Waals surface area contributed by atoms with Crippen LogP contribution in [0.4, 0.5) is 0 Å². The van der Waals surface area contributed by atoms with Crippen molar-refractivity contribution in [3.05, 3.63) is 0 Å². The van der Waals surface area contributed by atoms with Crippen LogP contribution in [-0.4, -0.2) is 39.8 Å². The number of ether oxygens (including phenoxy) is 1. The normalized spacial score (nSPS) is 19.9. The highest BCUT2D eigenvalue weighted by molar-refractivity contribution is 7.89. The first-order valence-corrected chi connectivity index (χ1v) is 8.81. The monoisotopic (exact) mass is 297 g/mol. The van der Waals surface area contributed by atoms with E-state index in [1.807, 2.05) is 0 Å². The van der Waals surface area contributed by atoms with Gasteiger partial charge in [0.2, 0.25) is 10.0 Å². The van der Waals surface area contributed by atoms with E-state index in [0.717, 1.165) is 25.7 Å². The Morgan fingerprint density at radius 3 is 2.56 bits per heavy atom. The molecule has 0 heterocycles. The minimum Gasteiger partial charge on any atom is -0.383 e. The van der Waals surface area contributed by atoms with Crippen LogP contribution in [0.5, 0.6) is 0 Å². The first kappa shape index (κ1) is 16.2. The van der Waals surface area contributed by atoms with Gasteiger partial charge in [-0.2, -0.15) is 0 Å². The topological polar surface area (TPSA) is 55.4 Å². The van der Waals surface area contributed by atoms with Crippen molar-refractivity contribution in [2.75, 3.05) is 25.3 Å². The standard InChI is InChI=1S/C12H24ClNO3S/c1-17-9-12(7-8-13)14-18(15,16)10-11-5-3-2-4-6-11/h11-12,14H,2-10H2,1H3. The molecule has 0 amide bonds. The van der Waals surface area contributed by atoms with E-state index in [9.17, 15) is 8.42 Å². The summed E-state index contributed by atoms with van der Waals surface area (Å²) >= 11 is 5.66. The summed E-state index contributed by atoms with van der Waals surface area (Å²) in [6, 6.07) is -0.207. The molecule has 1 aliphatic carbocycles. The lowest BCUT2D eigenvalue weighted by molar-refractivity contribution is 0.173. The van der Waals surface area contributed by atoms with Gasteiger partial charge in [0.25, 0.3) is 0 Å². The zero-order valence-electron chi connectivity index (χ0n) is 11.0. The van der Waals surface area contributed by atoms with Crippen molar-refractivity contribution in [1.29, 1.82) is 0 Å². The highest BCUT2D eigenvalue weighted by atomic mass is 35.5. The van der Waals surface area contributed by atoms with Crippen molar-refractivity contribution in [3.8, 4) is 0 Å². The predicted octanol–water partition coefficient (Wildman–Crippen LogP) is 2.13. The molecule has 1 unspecified atom stereocenters. The summed E-state index contributed by atoms with van der Waals surface area (Å²) in [4.78, 5) is 0. The van der Waals surface area contributed by atoms with Gasteiger partial charge in [-0.1, -0.05) is 19.3 Å². The number of rotatable bonds is 8. The Kier molecular flexibility index (Phi) is 7.53. The molecule has 1 saturated carbocycles. The largest absolute Gasteiger partial charge is 0.383 e. The second-order valence-electron chi connectivity index (χ2n) is 5.03. The van der Waals surface area contributed by atoms with Gasteiger partial charge >= 0.3 is 0 Å². The molecule has 6 heteroatoms. The number of halogens is 1. The molecule has 0 aromatic heterocycles. The molecular formula is C12H24ClNO3S. The molecule has 4 nitrogen and oxygen atoms in total. The van der Waals surface area contributed by atoms with Crippen LogP contribution in [0.3, 0.4) is 0 Å². The van der Waals surface area contributed by atoms with Gasteiger partial charge in [0.05, 0.1) is 12.4 Å². The summed E-state index contributed by atoms with van der Waals surface area (Å²) in [5.41, 5.74) is 0. The maximum Gasteiger partial charge on any atom is 0.212 e. The Balaban J connectivity index is 2.45. The van der Waals surface area contributed by atoms with Gasteiger partial charge in [-0.05, 0) is 25.2 Å². The van der Waals surface area contributed by atoms with Gasteiger partial charge < -0.3 is 4.74 Å². The van der Waals surface area contributed by atoms with Gasteiger partial charge in [0, 0.05) is 19.0 Å². The fourth-order valence-electron chi connectivity index (χ4n) is 2.48. The number of methoxy groups -OCH3 is 1. The summed E-state index contributed by atoms with van der Waals surface area (Å²) in [7, 11) is -1.65. The average Bonchev–Trinajstić information content (AvgIpc) is 2.29. The Morgan fingerprint density at radius 2 is 2.00 bits per heavy atom. The lowest BCUT2D eigenvalue weighted by atomic mass is 9.91. The molecule has 0 aromatic carbocycles. The van der Waals surface area contributed by atoms with Crippen LogP contribution in [0.1, 0.15) is 38.5 Å². The molecule has 18 heavy (non-hydrogen) atoms. The van der Waals surface area contributed by atoms with E-state index in [4.69, 9.17) is 16.3 Å². The van der Waals surface area contributed by atoms with Gasteiger partial charge in [0.15, 0.2) is 0 Å². The molecule has 0 spiro atoms. The molecule has 108 valence electrons. The van der Waals surface area contributed by atoms with Crippen LogP contribution in [0.25, 0.3) is 0 Å². The predicted molar refractivity (Wildman–Crippen MR) is 74.5 cm³/mol. The van der Waals surface area contributed by atoms with E-state index in [-0.39, 0.29) is 11.8 Å². The van der Waals surface area contributed by atoms with Crippen molar-refractivity contribution in [2.45, 2.75) is 44.6 Å². The summed E-state index contributed by atoms with van der Waals surface area (Å²) in [5.74, 6) is 0.991. The maximum absolute atomic E-state index is 12.0. The van der Waals surface area contributed by atoms with E-state index < -0.39 is 10.0 Å². The zero-order valence-corrected chi connectivity index (χ0v) is 12.6. The van der Waals surface area contributed by atoms with Crippen molar-refractivity contribution in [2.24, 2.45) is 5.92 Å². The highest BCUT2D eigenvalue weighted by Crippen LogP contribution is 2.24. The number of alkyl halides is 1. The number of sulfonamides is 1. The van der Waals surface area contributed by atoms with E-state index in [0.29, 0.717) is 24.8 Å². The first-order chi connectivity index (χ1) is 8.57. The SMILES string of the molecule is COCC(CCCl)NS(=O)(=O)CC1CCCCC1. The van der Waals surface area contributed by atoms with E-state index in [1.165, 1.54) is 6.42 Å². The first-order valence-electron chi connectivity index (χ1n) is 6.62. The highest BCUT2D eigenvalue weighted by Gasteiger charge is 2.23. The molecule has 0 aromatic rings. The van der Waals surface area contributed by atoms with Gasteiger partial charge in [-0.25, -0.2) is 13.1 Å². The molecule has 0 radical (unpaired) electrons. The summed E-state index contributed by atoms with van der Waals surface area (Å²) < 4.78 is 31.8. The van der Waals surface area contributed by atoms with Gasteiger partial charge in [-0.15, -0.1) is 11.6 Å². The van der Waals surface area contributed by atoms with Crippen LogP contribution >= 0.6 is 11.6 Å². The van der Waals surface area contributed by atoms with Crippen molar-refractivity contribution < 1.29 is 13.2 Å². The summed E-state index contributed by atoms with van der Waals surface area (Å²) in [6.07, 6.45) is 6.21. The zero-order chi connectivity index (χ0) is 13.4. The number of hydrogen-bond acceptors (Lipinski definition) is 3. The average molecular weight is 298 g/mol. The third-order valence-electron chi connectivity index (χ3n) is 3.35. The quantitative estimate of drug-likeness (QED) is 0.698. The van der Waals surface area contributed by atoms with Crippen molar-refractivity contribution >= 4 is 21.6 Å². The third kappa shape index (κ3) is 6.36. The Hall–Kier alpha value is 0.160. The number of hydrogen-bond donors (Lipinski definition) is 1. The van der Waals surface area contributed by atoms with E-state index in [2.05, 4.69) is 4.72 Å². The fraction of sp³-hybridized carbons (Fsp3) is 1.00. The second-order valence-corrected chi connectivity index (χ2v) is 7.21. The minimum atomic E-state index is -3.21. The molecule has 1 N–H and O–H groups in total. The molecular weight excluding hydrogens is 274 g/mol. The van der Waals surface area contributed by atoms with Crippen molar-refractivity contribution in [3.63, 3.8) is 0 Å². The smallest absolute Gasteiger partial charge is 0.212 e. The molecule has 1 fully saturated rings. The molecule has 1 rings (SSSR count). The maximum atomic E-state index is 12.0. The van der Waals surface area contributed by atoms with Gasteiger partial charge in [0.1, 0.15) is 0 Å². The molecule has 0 bridgehead atoms. The third-order valence-corrected chi connectivity index (χ3v) is 5.17. The summed E-state index contributed by atoms with van der Waals surface area (Å²) in [6.45, 7) is 0.372. The number of nitrogens with one attached hydrogen (secondary N) is 1.